The number of carboxylic acids is 2. The molecular formula is C14H12ClNO4S. The van der Waals surface area contributed by atoms with Crippen molar-refractivity contribution >= 4 is 34.9 Å². The molecule has 2 rings (SSSR count). The highest BCUT2D eigenvalue weighted by molar-refractivity contribution is 7.09. The third-order valence-electron chi connectivity index (χ3n) is 2.88. The lowest BCUT2D eigenvalue weighted by Gasteiger charge is -2.04. The second-order valence-corrected chi connectivity index (χ2v) is 5.85. The second kappa shape index (κ2) is 6.69. The fraction of sp³-hybridized carbons (Fsp3) is 0.214. The van der Waals surface area contributed by atoms with Crippen LogP contribution >= 0.6 is 22.9 Å². The molecule has 1 aromatic carbocycles. The average Bonchev–Trinajstić information content (AvgIpc) is 2.85. The van der Waals surface area contributed by atoms with Crippen molar-refractivity contribution in [3.63, 3.8) is 0 Å². The predicted molar refractivity (Wildman–Crippen MR) is 78.8 cm³/mol. The molecular weight excluding hydrogens is 314 g/mol. The zero-order valence-corrected chi connectivity index (χ0v) is 12.4. The van der Waals surface area contributed by atoms with Crippen LogP contribution in [-0.4, -0.2) is 27.1 Å². The van der Waals surface area contributed by atoms with Gasteiger partial charge < -0.3 is 10.2 Å². The van der Waals surface area contributed by atoms with Gasteiger partial charge in [0.1, 0.15) is 0 Å². The summed E-state index contributed by atoms with van der Waals surface area (Å²) in [7, 11) is 0. The van der Waals surface area contributed by atoms with E-state index in [4.69, 9.17) is 21.8 Å². The van der Waals surface area contributed by atoms with Crippen molar-refractivity contribution in [2.24, 2.45) is 5.92 Å². The zero-order chi connectivity index (χ0) is 15.4. The van der Waals surface area contributed by atoms with Gasteiger partial charge in [-0.25, -0.2) is 4.98 Å². The van der Waals surface area contributed by atoms with E-state index < -0.39 is 17.9 Å². The predicted octanol–water partition coefficient (Wildman–Crippen LogP) is 2.72. The SMILES string of the molecule is O=C(O)C(Cc1csc(Cc2ccc(Cl)cc2)n1)C(=O)O. The maximum Gasteiger partial charge on any atom is 0.318 e. The van der Waals surface area contributed by atoms with Crippen LogP contribution in [0.15, 0.2) is 29.6 Å². The maximum atomic E-state index is 10.9. The minimum absolute atomic E-state index is 0.109. The summed E-state index contributed by atoms with van der Waals surface area (Å²) in [5.41, 5.74) is 1.52. The van der Waals surface area contributed by atoms with Crippen molar-refractivity contribution in [2.45, 2.75) is 12.8 Å². The number of rotatable bonds is 6. The number of hydrogen-bond acceptors (Lipinski definition) is 4. The Morgan fingerprint density at radius 1 is 1.19 bits per heavy atom. The summed E-state index contributed by atoms with van der Waals surface area (Å²) < 4.78 is 0. The molecule has 0 aliphatic heterocycles. The van der Waals surface area contributed by atoms with Gasteiger partial charge in [-0.3, -0.25) is 9.59 Å². The average molecular weight is 326 g/mol. The Morgan fingerprint density at radius 2 is 1.81 bits per heavy atom. The van der Waals surface area contributed by atoms with Crippen molar-refractivity contribution in [3.8, 4) is 0 Å². The van der Waals surface area contributed by atoms with E-state index >= 15 is 0 Å². The zero-order valence-electron chi connectivity index (χ0n) is 10.8. The van der Waals surface area contributed by atoms with Crippen molar-refractivity contribution in [1.29, 1.82) is 0 Å². The lowest BCUT2D eigenvalue weighted by molar-refractivity contribution is -0.154. The van der Waals surface area contributed by atoms with Crippen molar-refractivity contribution in [3.05, 3.63) is 50.9 Å². The topological polar surface area (TPSA) is 87.5 Å². The normalized spacial score (nSPS) is 10.8. The lowest BCUT2D eigenvalue weighted by Crippen LogP contribution is -2.25. The van der Waals surface area contributed by atoms with E-state index in [1.54, 1.807) is 17.5 Å². The Morgan fingerprint density at radius 3 is 2.38 bits per heavy atom. The van der Waals surface area contributed by atoms with Gasteiger partial charge in [0.15, 0.2) is 5.92 Å². The van der Waals surface area contributed by atoms with E-state index in [0.29, 0.717) is 17.1 Å². The van der Waals surface area contributed by atoms with E-state index in [1.807, 2.05) is 12.1 Å². The summed E-state index contributed by atoms with van der Waals surface area (Å²) in [5.74, 6) is -4.17. The van der Waals surface area contributed by atoms with E-state index in [2.05, 4.69) is 4.98 Å². The summed E-state index contributed by atoms with van der Waals surface area (Å²) >= 11 is 7.20. The lowest BCUT2D eigenvalue weighted by atomic mass is 10.0. The highest BCUT2D eigenvalue weighted by Gasteiger charge is 2.26. The van der Waals surface area contributed by atoms with Crippen LogP contribution in [0.1, 0.15) is 16.3 Å². The van der Waals surface area contributed by atoms with Crippen molar-refractivity contribution in [2.75, 3.05) is 0 Å². The molecule has 0 aliphatic rings. The molecule has 0 fully saturated rings. The van der Waals surface area contributed by atoms with Crippen LogP contribution in [0.3, 0.4) is 0 Å². The Hall–Kier alpha value is -1.92. The minimum atomic E-state index is -1.46. The molecule has 110 valence electrons. The summed E-state index contributed by atoms with van der Waals surface area (Å²) in [4.78, 5) is 26.0. The van der Waals surface area contributed by atoms with E-state index in [1.165, 1.54) is 11.3 Å². The van der Waals surface area contributed by atoms with Crippen LogP contribution < -0.4 is 0 Å². The van der Waals surface area contributed by atoms with Crippen molar-refractivity contribution < 1.29 is 19.8 Å². The number of carboxylic acid groups (broad SMARTS) is 2. The number of aromatic nitrogens is 1. The molecule has 7 heteroatoms. The van der Waals surface area contributed by atoms with Crippen LogP contribution in [0.25, 0.3) is 0 Å². The number of halogens is 1. The number of benzene rings is 1. The number of aliphatic carboxylic acids is 2. The van der Waals surface area contributed by atoms with Crippen LogP contribution in [-0.2, 0) is 22.4 Å². The van der Waals surface area contributed by atoms with E-state index in [9.17, 15) is 9.59 Å². The monoisotopic (exact) mass is 325 g/mol. The summed E-state index contributed by atoms with van der Waals surface area (Å²) in [6, 6.07) is 7.36. The molecule has 0 aliphatic carbocycles. The summed E-state index contributed by atoms with van der Waals surface area (Å²) in [6.07, 6.45) is 0.494. The quantitative estimate of drug-likeness (QED) is 0.797. The molecule has 2 N–H and O–H groups in total. The summed E-state index contributed by atoms with van der Waals surface area (Å²) in [6.45, 7) is 0. The molecule has 5 nitrogen and oxygen atoms in total. The molecule has 0 saturated heterocycles. The standard InChI is InChI=1S/C14H12ClNO4S/c15-9-3-1-8(2-4-9)5-12-16-10(7-21-12)6-11(13(17)18)14(19)20/h1-4,7,11H,5-6H2,(H,17,18)(H,19,20). The van der Waals surface area contributed by atoms with Crippen molar-refractivity contribution in [1.82, 2.24) is 4.98 Å². The van der Waals surface area contributed by atoms with Crippen LogP contribution in [0.2, 0.25) is 5.02 Å². The highest BCUT2D eigenvalue weighted by atomic mass is 35.5. The molecule has 0 atom stereocenters. The highest BCUT2D eigenvalue weighted by Crippen LogP contribution is 2.19. The van der Waals surface area contributed by atoms with Crippen LogP contribution in [0.5, 0.6) is 0 Å². The molecule has 0 amide bonds. The molecule has 0 spiro atoms. The largest absolute Gasteiger partial charge is 0.481 e. The first-order valence-corrected chi connectivity index (χ1v) is 7.35. The molecule has 0 radical (unpaired) electrons. The third-order valence-corrected chi connectivity index (χ3v) is 4.03. The summed E-state index contributed by atoms with van der Waals surface area (Å²) in [5, 5.41) is 20.9. The van der Waals surface area contributed by atoms with Gasteiger partial charge in [-0.2, -0.15) is 0 Å². The molecule has 2 aromatic rings. The molecule has 0 bridgehead atoms. The first-order valence-electron chi connectivity index (χ1n) is 6.09. The van der Waals surface area contributed by atoms with Gasteiger partial charge in [0.25, 0.3) is 0 Å². The maximum absolute atomic E-state index is 10.9. The third kappa shape index (κ3) is 4.27. The van der Waals surface area contributed by atoms with Gasteiger partial charge in [0.05, 0.1) is 10.7 Å². The number of carbonyl (C=O) groups is 2. The first-order chi connectivity index (χ1) is 9.95. The molecule has 1 aromatic heterocycles. The molecule has 0 saturated carbocycles. The minimum Gasteiger partial charge on any atom is -0.481 e. The van der Waals surface area contributed by atoms with Gasteiger partial charge >= 0.3 is 11.9 Å². The second-order valence-electron chi connectivity index (χ2n) is 4.47. The fourth-order valence-electron chi connectivity index (χ4n) is 1.79. The molecule has 0 unspecified atom stereocenters. The van der Waals surface area contributed by atoms with Gasteiger partial charge in [-0.1, -0.05) is 23.7 Å². The number of nitrogens with zero attached hydrogens (tertiary/aromatic N) is 1. The first kappa shape index (κ1) is 15.5. The Labute approximate surface area is 129 Å². The van der Waals surface area contributed by atoms with Gasteiger partial charge in [-0.05, 0) is 17.7 Å². The number of hydrogen-bond donors (Lipinski definition) is 2. The van der Waals surface area contributed by atoms with E-state index in [0.717, 1.165) is 10.6 Å². The van der Waals surface area contributed by atoms with Crippen LogP contribution in [0, 0.1) is 5.92 Å². The number of thiazole rings is 1. The Bertz CT molecular complexity index is 639. The van der Waals surface area contributed by atoms with Gasteiger partial charge in [0.2, 0.25) is 0 Å². The van der Waals surface area contributed by atoms with Crippen LogP contribution in [0.4, 0.5) is 0 Å². The van der Waals surface area contributed by atoms with E-state index in [-0.39, 0.29) is 6.42 Å². The Balaban J connectivity index is 2.05. The van der Waals surface area contributed by atoms with Gasteiger partial charge in [-0.15, -0.1) is 11.3 Å². The fourth-order valence-corrected chi connectivity index (χ4v) is 2.76. The molecule has 1 heterocycles. The molecule has 21 heavy (non-hydrogen) atoms. The Kier molecular flexibility index (Phi) is 4.93. The van der Waals surface area contributed by atoms with Gasteiger partial charge in [0, 0.05) is 23.2 Å². The smallest absolute Gasteiger partial charge is 0.318 e.